The fourth-order valence-corrected chi connectivity index (χ4v) is 4.54. The van der Waals surface area contributed by atoms with Crippen LogP contribution in [0, 0.1) is 0 Å². The summed E-state index contributed by atoms with van der Waals surface area (Å²) in [6, 6.07) is 32.5. The molecule has 0 atom stereocenters. The van der Waals surface area contributed by atoms with Gasteiger partial charge in [-0.25, -0.2) is 0 Å². The van der Waals surface area contributed by atoms with Crippen LogP contribution in [-0.4, -0.2) is 0 Å². The van der Waals surface area contributed by atoms with Crippen LogP contribution >= 0.6 is 15.9 Å². The molecule has 4 aromatic carbocycles. The fraction of sp³-hybridized carbons (Fsp3) is 0.0769. The van der Waals surface area contributed by atoms with Gasteiger partial charge < -0.3 is 0 Å². The Kier molecular flexibility index (Phi) is 4.18. The Morgan fingerprint density at radius 1 is 0.444 bits per heavy atom. The van der Waals surface area contributed by atoms with E-state index >= 15 is 0 Å². The Labute approximate surface area is 168 Å². The van der Waals surface area contributed by atoms with Gasteiger partial charge in [-0.15, -0.1) is 0 Å². The minimum Gasteiger partial charge on any atom is -0.0619 e. The Balaban J connectivity index is 0.000000119. The lowest BCUT2D eigenvalue weighted by molar-refractivity contribution is 1.26. The molecule has 0 aliphatic heterocycles. The minimum absolute atomic E-state index is 1.08. The molecule has 0 bridgehead atoms. The van der Waals surface area contributed by atoms with Crippen LogP contribution in [0.5, 0.6) is 0 Å². The van der Waals surface area contributed by atoms with Crippen LogP contribution in [0.2, 0.25) is 0 Å². The van der Waals surface area contributed by atoms with E-state index in [2.05, 4.69) is 107 Å². The third kappa shape index (κ3) is 3.02. The van der Waals surface area contributed by atoms with Crippen molar-refractivity contribution in [2.75, 3.05) is 0 Å². The lowest BCUT2D eigenvalue weighted by atomic mass is 10.1. The molecule has 0 aromatic heterocycles. The van der Waals surface area contributed by atoms with Crippen molar-refractivity contribution in [2.24, 2.45) is 0 Å². The first-order chi connectivity index (χ1) is 13.3. The van der Waals surface area contributed by atoms with E-state index in [0.29, 0.717) is 0 Å². The maximum atomic E-state index is 3.52. The van der Waals surface area contributed by atoms with E-state index in [1.54, 1.807) is 0 Å². The monoisotopic (exact) mass is 410 g/mol. The second kappa shape index (κ2) is 6.83. The molecule has 0 amide bonds. The van der Waals surface area contributed by atoms with E-state index in [4.69, 9.17) is 0 Å². The van der Waals surface area contributed by atoms with Crippen molar-refractivity contribution in [2.45, 2.75) is 12.8 Å². The summed E-state index contributed by atoms with van der Waals surface area (Å²) in [5.74, 6) is 0. The van der Waals surface area contributed by atoms with Gasteiger partial charge in [0, 0.05) is 4.47 Å². The van der Waals surface area contributed by atoms with Crippen LogP contribution in [0.1, 0.15) is 22.3 Å². The third-order valence-corrected chi connectivity index (χ3v) is 5.96. The van der Waals surface area contributed by atoms with E-state index in [9.17, 15) is 0 Å². The number of hydrogen-bond acceptors (Lipinski definition) is 0. The van der Waals surface area contributed by atoms with Crippen molar-refractivity contribution in [3.63, 3.8) is 0 Å². The molecule has 4 aromatic rings. The number of rotatable bonds is 0. The molecule has 6 rings (SSSR count). The first kappa shape index (κ1) is 16.5. The van der Waals surface area contributed by atoms with Gasteiger partial charge >= 0.3 is 0 Å². The van der Waals surface area contributed by atoms with Gasteiger partial charge in [-0.2, -0.15) is 0 Å². The number of benzene rings is 4. The largest absolute Gasteiger partial charge is 0.0619 e. The van der Waals surface area contributed by atoms with E-state index in [-0.39, 0.29) is 0 Å². The molecule has 0 saturated carbocycles. The maximum absolute atomic E-state index is 3.52. The molecular weight excluding hydrogens is 392 g/mol. The number of halogens is 1. The van der Waals surface area contributed by atoms with Gasteiger partial charge in [0.05, 0.1) is 0 Å². The molecule has 27 heavy (non-hydrogen) atoms. The summed E-state index contributed by atoms with van der Waals surface area (Å²) in [7, 11) is 0. The zero-order valence-electron chi connectivity index (χ0n) is 15.0. The first-order valence-electron chi connectivity index (χ1n) is 9.32. The molecule has 0 spiro atoms. The molecule has 1 heteroatoms. The van der Waals surface area contributed by atoms with Gasteiger partial charge in [0.15, 0.2) is 0 Å². The topological polar surface area (TPSA) is 0 Å². The Morgan fingerprint density at radius 2 is 0.852 bits per heavy atom. The predicted octanol–water partition coefficient (Wildman–Crippen LogP) is 7.28. The third-order valence-electron chi connectivity index (χ3n) is 5.47. The van der Waals surface area contributed by atoms with Gasteiger partial charge in [-0.1, -0.05) is 94.8 Å². The lowest BCUT2D eigenvalue weighted by Crippen LogP contribution is -1.78. The van der Waals surface area contributed by atoms with Crippen LogP contribution in [0.3, 0.4) is 0 Å². The normalized spacial score (nSPS) is 12.3. The average Bonchev–Trinajstić information content (AvgIpc) is 3.26. The lowest BCUT2D eigenvalue weighted by Gasteiger charge is -2.00. The predicted molar refractivity (Wildman–Crippen MR) is 117 cm³/mol. The highest BCUT2D eigenvalue weighted by atomic mass is 79.9. The number of fused-ring (bicyclic) bond motifs is 6. The Bertz CT molecular complexity index is 1100. The second-order valence-electron chi connectivity index (χ2n) is 7.13. The van der Waals surface area contributed by atoms with Gasteiger partial charge in [-0.05, 0) is 69.5 Å². The van der Waals surface area contributed by atoms with Gasteiger partial charge in [-0.3, -0.25) is 0 Å². The standard InChI is InChI=1S/C13H9Br.C13H10/c14-11-6-5-10-7-9-3-1-2-4-12(9)13(10)8-11;1-3-7-12-10(5-1)9-11-6-2-4-8-13(11)12/h1-6,8H,7H2;1-8H,9H2. The summed E-state index contributed by atoms with van der Waals surface area (Å²) in [4.78, 5) is 0. The molecular formula is C26H19Br. The van der Waals surface area contributed by atoms with Gasteiger partial charge in [0.25, 0.3) is 0 Å². The van der Waals surface area contributed by atoms with Gasteiger partial charge in [0.2, 0.25) is 0 Å². The summed E-state index contributed by atoms with van der Waals surface area (Å²) in [6.45, 7) is 0. The molecule has 0 N–H and O–H groups in total. The molecule has 0 heterocycles. The first-order valence-corrected chi connectivity index (χ1v) is 10.1. The van der Waals surface area contributed by atoms with Crippen molar-refractivity contribution in [3.05, 3.63) is 118 Å². The second-order valence-corrected chi connectivity index (χ2v) is 8.04. The molecule has 0 nitrogen and oxygen atoms in total. The summed E-state index contributed by atoms with van der Waals surface area (Å²) in [5.41, 5.74) is 11.4. The van der Waals surface area contributed by atoms with Crippen molar-refractivity contribution in [3.8, 4) is 22.3 Å². The number of hydrogen-bond donors (Lipinski definition) is 0. The minimum atomic E-state index is 1.08. The van der Waals surface area contributed by atoms with E-state index < -0.39 is 0 Å². The summed E-state index contributed by atoms with van der Waals surface area (Å²) >= 11 is 3.52. The molecule has 0 fully saturated rings. The smallest absolute Gasteiger partial charge is 0.0181 e. The SMILES string of the molecule is Brc1ccc2c(c1)-c1ccccc1C2.c1ccc2c(c1)Cc1ccccc1-2. The maximum Gasteiger partial charge on any atom is 0.0181 e. The zero-order chi connectivity index (χ0) is 18.2. The molecule has 2 aliphatic rings. The van der Waals surface area contributed by atoms with E-state index in [1.165, 1.54) is 44.5 Å². The van der Waals surface area contributed by atoms with Crippen molar-refractivity contribution in [1.29, 1.82) is 0 Å². The zero-order valence-corrected chi connectivity index (χ0v) is 16.5. The van der Waals surface area contributed by atoms with Crippen molar-refractivity contribution < 1.29 is 0 Å². The quantitative estimate of drug-likeness (QED) is 0.246. The fourth-order valence-electron chi connectivity index (χ4n) is 4.18. The van der Waals surface area contributed by atoms with Crippen LogP contribution < -0.4 is 0 Å². The molecule has 0 unspecified atom stereocenters. The van der Waals surface area contributed by atoms with Crippen LogP contribution in [0.15, 0.2) is 95.5 Å². The summed E-state index contributed by atoms with van der Waals surface area (Å²) in [5, 5.41) is 0. The van der Waals surface area contributed by atoms with E-state index in [0.717, 1.165) is 17.3 Å². The highest BCUT2D eigenvalue weighted by Crippen LogP contribution is 2.38. The molecule has 2 aliphatic carbocycles. The Morgan fingerprint density at radius 3 is 1.37 bits per heavy atom. The molecule has 0 radical (unpaired) electrons. The average molecular weight is 411 g/mol. The van der Waals surface area contributed by atoms with Crippen LogP contribution in [0.4, 0.5) is 0 Å². The van der Waals surface area contributed by atoms with Crippen LogP contribution in [-0.2, 0) is 12.8 Å². The summed E-state index contributed by atoms with van der Waals surface area (Å²) < 4.78 is 1.16. The van der Waals surface area contributed by atoms with Crippen LogP contribution in [0.25, 0.3) is 22.3 Å². The molecule has 0 saturated heterocycles. The van der Waals surface area contributed by atoms with E-state index in [1.807, 2.05) is 0 Å². The highest BCUT2D eigenvalue weighted by molar-refractivity contribution is 9.10. The Hall–Kier alpha value is -2.64. The highest BCUT2D eigenvalue weighted by Gasteiger charge is 2.17. The summed E-state index contributed by atoms with van der Waals surface area (Å²) in [6.07, 6.45) is 2.19. The molecule has 130 valence electrons. The van der Waals surface area contributed by atoms with Crippen molar-refractivity contribution >= 4 is 15.9 Å². The van der Waals surface area contributed by atoms with Gasteiger partial charge in [0.1, 0.15) is 0 Å². The van der Waals surface area contributed by atoms with Crippen molar-refractivity contribution in [1.82, 2.24) is 0 Å².